The van der Waals surface area contributed by atoms with E-state index in [1.54, 1.807) is 0 Å². The number of aliphatic hydroxyl groups excluding tert-OH is 1. The van der Waals surface area contributed by atoms with E-state index >= 15 is 0 Å². The Morgan fingerprint density at radius 1 is 1.21 bits per heavy atom. The molecule has 0 spiro atoms. The van der Waals surface area contributed by atoms with Gasteiger partial charge in [0.1, 0.15) is 18.5 Å². The predicted octanol–water partition coefficient (Wildman–Crippen LogP) is 3.02. The van der Waals surface area contributed by atoms with Gasteiger partial charge in [-0.1, -0.05) is 19.1 Å². The number of nitrogens with two attached hydrogens (primary N) is 1. The fourth-order valence-electron chi connectivity index (χ4n) is 1.99. The van der Waals surface area contributed by atoms with Crippen molar-refractivity contribution in [1.82, 2.24) is 0 Å². The van der Waals surface area contributed by atoms with Crippen molar-refractivity contribution in [3.8, 4) is 5.75 Å². The van der Waals surface area contributed by atoms with Gasteiger partial charge >= 0.3 is 0 Å². The van der Waals surface area contributed by atoms with Crippen LogP contribution in [0.1, 0.15) is 12.5 Å². The summed E-state index contributed by atoms with van der Waals surface area (Å²) in [6.07, 6.45) is 0.281. The number of aliphatic imine (C=N–C) groups is 1. The van der Waals surface area contributed by atoms with Gasteiger partial charge in [0, 0.05) is 9.26 Å². The van der Waals surface area contributed by atoms with Gasteiger partial charge in [-0.05, 0) is 71.0 Å². The summed E-state index contributed by atoms with van der Waals surface area (Å²) in [4.78, 5) is 4.14. The molecule has 0 saturated carbocycles. The van der Waals surface area contributed by atoms with E-state index < -0.39 is 6.10 Å². The molecule has 5 nitrogen and oxygen atoms in total. The van der Waals surface area contributed by atoms with Crippen LogP contribution in [0.4, 0.5) is 5.69 Å². The van der Waals surface area contributed by atoms with E-state index in [4.69, 9.17) is 10.5 Å². The Balaban J connectivity index is 1.77. The highest BCUT2D eigenvalue weighted by molar-refractivity contribution is 14.1. The molecule has 0 amide bonds. The summed E-state index contributed by atoms with van der Waals surface area (Å²) in [6.45, 7) is 2.46. The molecule has 0 bridgehead atoms. The third-order valence-corrected chi connectivity index (χ3v) is 4.08. The number of hydrogen-bond acceptors (Lipinski definition) is 3. The maximum absolute atomic E-state index is 9.93. The van der Waals surface area contributed by atoms with Crippen LogP contribution in [0, 0.1) is 3.57 Å². The first-order valence-electron chi connectivity index (χ1n) is 7.79. The molecule has 2 aromatic rings. The highest BCUT2D eigenvalue weighted by Gasteiger charge is 2.05. The molecular weight excluding hydrogens is 417 g/mol. The minimum atomic E-state index is -0.716. The second kappa shape index (κ2) is 9.48. The SMILES string of the molecule is CCc1ccc(NC(N)=NCC(O)COc2ccc(I)cc2)cc1. The lowest BCUT2D eigenvalue weighted by Crippen LogP contribution is -2.27. The molecule has 24 heavy (non-hydrogen) atoms. The highest BCUT2D eigenvalue weighted by Crippen LogP contribution is 2.13. The molecule has 1 atom stereocenters. The Morgan fingerprint density at radius 3 is 2.50 bits per heavy atom. The van der Waals surface area contributed by atoms with Gasteiger partial charge in [0.25, 0.3) is 0 Å². The minimum absolute atomic E-state index is 0.169. The van der Waals surface area contributed by atoms with E-state index in [0.29, 0.717) is 0 Å². The number of ether oxygens (including phenoxy) is 1. The summed E-state index contributed by atoms with van der Waals surface area (Å²) in [5.41, 5.74) is 7.97. The molecule has 0 aliphatic carbocycles. The zero-order chi connectivity index (χ0) is 17.4. The molecule has 0 saturated heterocycles. The summed E-state index contributed by atoms with van der Waals surface area (Å²) in [6, 6.07) is 15.6. The Morgan fingerprint density at radius 2 is 1.88 bits per heavy atom. The quantitative estimate of drug-likeness (QED) is 0.352. The second-order valence-electron chi connectivity index (χ2n) is 5.32. The first-order chi connectivity index (χ1) is 11.6. The number of nitrogens with zero attached hydrogens (tertiary/aromatic N) is 1. The molecule has 0 fully saturated rings. The van der Waals surface area contributed by atoms with Gasteiger partial charge in [-0.2, -0.15) is 0 Å². The van der Waals surface area contributed by atoms with E-state index in [-0.39, 0.29) is 19.1 Å². The fraction of sp³-hybridized carbons (Fsp3) is 0.278. The van der Waals surface area contributed by atoms with Crippen molar-refractivity contribution < 1.29 is 9.84 Å². The van der Waals surface area contributed by atoms with Gasteiger partial charge < -0.3 is 20.9 Å². The molecule has 2 aromatic carbocycles. The molecule has 0 aromatic heterocycles. The molecular formula is C18H22IN3O2. The van der Waals surface area contributed by atoms with Crippen LogP contribution in [0.5, 0.6) is 5.75 Å². The fourth-order valence-corrected chi connectivity index (χ4v) is 2.35. The number of benzene rings is 2. The monoisotopic (exact) mass is 439 g/mol. The number of anilines is 1. The number of nitrogens with one attached hydrogen (secondary N) is 1. The van der Waals surface area contributed by atoms with Crippen LogP contribution < -0.4 is 15.8 Å². The molecule has 4 N–H and O–H groups in total. The summed E-state index contributed by atoms with van der Waals surface area (Å²) < 4.78 is 6.65. The number of aliphatic hydroxyl groups is 1. The van der Waals surface area contributed by atoms with Crippen molar-refractivity contribution in [2.24, 2.45) is 10.7 Å². The van der Waals surface area contributed by atoms with E-state index in [2.05, 4.69) is 39.8 Å². The van der Waals surface area contributed by atoms with Gasteiger partial charge in [0.15, 0.2) is 5.96 Å². The van der Waals surface area contributed by atoms with Crippen molar-refractivity contribution in [3.63, 3.8) is 0 Å². The van der Waals surface area contributed by atoms with E-state index in [0.717, 1.165) is 21.4 Å². The maximum Gasteiger partial charge on any atom is 0.193 e. The number of rotatable bonds is 7. The molecule has 0 aliphatic heterocycles. The first kappa shape index (κ1) is 18.5. The Hall–Kier alpha value is -1.80. The minimum Gasteiger partial charge on any atom is -0.491 e. The van der Waals surface area contributed by atoms with Crippen LogP contribution in [-0.2, 0) is 6.42 Å². The number of halogens is 1. The van der Waals surface area contributed by atoms with Gasteiger partial charge in [0.05, 0.1) is 6.54 Å². The second-order valence-corrected chi connectivity index (χ2v) is 6.57. The highest BCUT2D eigenvalue weighted by atomic mass is 127. The molecule has 128 valence electrons. The van der Waals surface area contributed by atoms with Crippen molar-refractivity contribution in [2.75, 3.05) is 18.5 Å². The van der Waals surface area contributed by atoms with E-state index in [1.165, 1.54) is 5.56 Å². The molecule has 1 unspecified atom stereocenters. The predicted molar refractivity (Wildman–Crippen MR) is 107 cm³/mol. The van der Waals surface area contributed by atoms with Gasteiger partial charge in [-0.15, -0.1) is 0 Å². The third kappa shape index (κ3) is 6.37. The van der Waals surface area contributed by atoms with Gasteiger partial charge in [-0.3, -0.25) is 4.99 Å². The lowest BCUT2D eigenvalue weighted by atomic mass is 10.1. The number of aryl methyl sites for hydroxylation is 1. The summed E-state index contributed by atoms with van der Waals surface area (Å²) >= 11 is 2.23. The van der Waals surface area contributed by atoms with E-state index in [1.807, 2.05) is 48.5 Å². The van der Waals surface area contributed by atoms with Crippen molar-refractivity contribution in [3.05, 3.63) is 57.7 Å². The normalized spacial score (nSPS) is 12.7. The third-order valence-electron chi connectivity index (χ3n) is 3.36. The Bertz CT molecular complexity index is 657. The van der Waals surface area contributed by atoms with Crippen LogP contribution in [0.3, 0.4) is 0 Å². The molecule has 2 rings (SSSR count). The number of guanidine groups is 1. The first-order valence-corrected chi connectivity index (χ1v) is 8.87. The lowest BCUT2D eigenvalue weighted by Gasteiger charge is -2.11. The van der Waals surface area contributed by atoms with Crippen molar-refractivity contribution >= 4 is 34.2 Å². The summed E-state index contributed by atoms with van der Waals surface area (Å²) in [5, 5.41) is 12.9. The van der Waals surface area contributed by atoms with Gasteiger partial charge in [-0.25, -0.2) is 0 Å². The van der Waals surface area contributed by atoms with Crippen molar-refractivity contribution in [1.29, 1.82) is 0 Å². The Labute approximate surface area is 156 Å². The average Bonchev–Trinajstić information content (AvgIpc) is 2.60. The van der Waals surface area contributed by atoms with Gasteiger partial charge in [0.2, 0.25) is 0 Å². The molecule has 0 aliphatic rings. The van der Waals surface area contributed by atoms with Crippen molar-refractivity contribution in [2.45, 2.75) is 19.4 Å². The summed E-state index contributed by atoms with van der Waals surface area (Å²) in [7, 11) is 0. The standard InChI is InChI=1S/C18H22IN3O2/c1-2-13-3-7-15(8-4-13)22-18(20)21-11-16(23)12-24-17-9-5-14(19)6-10-17/h3-10,16,23H,2,11-12H2,1H3,(H3,20,21,22). The smallest absolute Gasteiger partial charge is 0.193 e. The summed E-state index contributed by atoms with van der Waals surface area (Å²) in [5.74, 6) is 0.994. The molecule has 0 heterocycles. The van der Waals surface area contributed by atoms with Crippen LogP contribution in [0.2, 0.25) is 0 Å². The zero-order valence-corrected chi connectivity index (χ0v) is 15.7. The molecule has 0 radical (unpaired) electrons. The van der Waals surface area contributed by atoms with E-state index in [9.17, 15) is 5.11 Å². The van der Waals surface area contributed by atoms with Crippen LogP contribution in [-0.4, -0.2) is 30.3 Å². The zero-order valence-electron chi connectivity index (χ0n) is 13.6. The van der Waals surface area contributed by atoms with Crippen LogP contribution in [0.25, 0.3) is 0 Å². The lowest BCUT2D eigenvalue weighted by molar-refractivity contribution is 0.114. The maximum atomic E-state index is 9.93. The van der Waals surface area contributed by atoms with Crippen LogP contribution >= 0.6 is 22.6 Å². The Kier molecular flexibility index (Phi) is 7.33. The number of hydrogen-bond donors (Lipinski definition) is 3. The van der Waals surface area contributed by atoms with Crippen LogP contribution in [0.15, 0.2) is 53.5 Å². The molecule has 6 heteroatoms. The average molecular weight is 439 g/mol. The topological polar surface area (TPSA) is 79.9 Å². The largest absolute Gasteiger partial charge is 0.491 e.